The third-order valence-electron chi connectivity index (χ3n) is 2.14. The van der Waals surface area contributed by atoms with Crippen LogP contribution in [0.3, 0.4) is 0 Å². The number of halogens is 2. The Morgan fingerprint density at radius 2 is 2.31 bits per heavy atom. The van der Waals surface area contributed by atoms with E-state index in [4.69, 9.17) is 16.3 Å². The van der Waals surface area contributed by atoms with Gasteiger partial charge in [0.15, 0.2) is 11.6 Å². The predicted molar refractivity (Wildman–Crippen MR) is 57.4 cm³/mol. The van der Waals surface area contributed by atoms with Gasteiger partial charge in [-0.2, -0.15) is 0 Å². The standard InChI is InChI=1S/C10H9ClFN3O/c1-16-10-4-7(2-3-9(10)12)15-8(5-11)6-13-14-15/h2-4,6H,5H2,1H3. The van der Waals surface area contributed by atoms with E-state index < -0.39 is 5.82 Å². The molecule has 0 saturated carbocycles. The van der Waals surface area contributed by atoms with Crippen LogP contribution >= 0.6 is 11.6 Å². The van der Waals surface area contributed by atoms with Crippen molar-refractivity contribution in [1.29, 1.82) is 0 Å². The summed E-state index contributed by atoms with van der Waals surface area (Å²) in [6, 6.07) is 4.44. The highest BCUT2D eigenvalue weighted by Gasteiger charge is 2.08. The van der Waals surface area contributed by atoms with Gasteiger partial charge in [0.05, 0.1) is 30.6 Å². The second-order valence-corrected chi connectivity index (χ2v) is 3.36. The third-order valence-corrected chi connectivity index (χ3v) is 2.41. The number of benzene rings is 1. The van der Waals surface area contributed by atoms with E-state index in [1.165, 1.54) is 17.9 Å². The Bertz CT molecular complexity index is 501. The molecule has 0 atom stereocenters. The summed E-state index contributed by atoms with van der Waals surface area (Å²) in [5.74, 6) is 0.0273. The Kier molecular flexibility index (Phi) is 3.05. The summed E-state index contributed by atoms with van der Waals surface area (Å²) in [6.45, 7) is 0. The molecule has 0 amide bonds. The van der Waals surface area contributed by atoms with Gasteiger partial charge in [0.1, 0.15) is 0 Å². The highest BCUT2D eigenvalue weighted by Crippen LogP contribution is 2.21. The van der Waals surface area contributed by atoms with Crippen LogP contribution in [0.5, 0.6) is 5.75 Å². The monoisotopic (exact) mass is 241 g/mol. The van der Waals surface area contributed by atoms with E-state index in [0.717, 1.165) is 5.69 Å². The van der Waals surface area contributed by atoms with E-state index in [0.29, 0.717) is 5.69 Å². The fourth-order valence-electron chi connectivity index (χ4n) is 1.35. The number of nitrogens with zero attached hydrogens (tertiary/aromatic N) is 3. The Labute approximate surface area is 96.6 Å². The Balaban J connectivity index is 2.48. The van der Waals surface area contributed by atoms with E-state index >= 15 is 0 Å². The second-order valence-electron chi connectivity index (χ2n) is 3.09. The van der Waals surface area contributed by atoms with Gasteiger partial charge in [-0.15, -0.1) is 16.7 Å². The van der Waals surface area contributed by atoms with Crippen LogP contribution in [-0.2, 0) is 5.88 Å². The number of methoxy groups -OCH3 is 1. The van der Waals surface area contributed by atoms with Crippen LogP contribution in [0.25, 0.3) is 5.69 Å². The number of alkyl halides is 1. The minimum Gasteiger partial charge on any atom is -0.494 e. The molecule has 6 heteroatoms. The molecule has 2 aromatic rings. The number of hydrogen-bond acceptors (Lipinski definition) is 3. The summed E-state index contributed by atoms with van der Waals surface area (Å²) >= 11 is 5.72. The van der Waals surface area contributed by atoms with Crippen molar-refractivity contribution in [3.63, 3.8) is 0 Å². The highest BCUT2D eigenvalue weighted by molar-refractivity contribution is 6.16. The molecule has 1 aromatic carbocycles. The maximum absolute atomic E-state index is 13.2. The molecule has 0 saturated heterocycles. The van der Waals surface area contributed by atoms with Gasteiger partial charge in [0.25, 0.3) is 0 Å². The minimum absolute atomic E-state index is 0.161. The van der Waals surface area contributed by atoms with E-state index in [2.05, 4.69) is 10.3 Å². The number of aromatic nitrogens is 3. The van der Waals surface area contributed by atoms with Crippen LogP contribution in [-0.4, -0.2) is 22.1 Å². The van der Waals surface area contributed by atoms with Crippen molar-refractivity contribution in [2.75, 3.05) is 7.11 Å². The zero-order valence-electron chi connectivity index (χ0n) is 8.52. The lowest BCUT2D eigenvalue weighted by Crippen LogP contribution is -2.01. The van der Waals surface area contributed by atoms with E-state index in [-0.39, 0.29) is 11.6 Å². The van der Waals surface area contributed by atoms with Crippen molar-refractivity contribution in [2.45, 2.75) is 5.88 Å². The molecule has 16 heavy (non-hydrogen) atoms. The van der Waals surface area contributed by atoms with Crippen molar-refractivity contribution in [2.24, 2.45) is 0 Å². The smallest absolute Gasteiger partial charge is 0.165 e. The number of ether oxygens (including phenoxy) is 1. The van der Waals surface area contributed by atoms with E-state index in [1.54, 1.807) is 18.3 Å². The van der Waals surface area contributed by atoms with Crippen LogP contribution in [0.15, 0.2) is 24.4 Å². The fourth-order valence-corrected chi connectivity index (χ4v) is 1.53. The molecule has 0 radical (unpaired) electrons. The van der Waals surface area contributed by atoms with Gasteiger partial charge in [0.2, 0.25) is 0 Å². The number of rotatable bonds is 3. The van der Waals surface area contributed by atoms with Gasteiger partial charge in [0, 0.05) is 6.07 Å². The highest BCUT2D eigenvalue weighted by atomic mass is 35.5. The molecule has 0 aliphatic heterocycles. The summed E-state index contributed by atoms with van der Waals surface area (Å²) in [6.07, 6.45) is 1.56. The molecule has 1 aromatic heterocycles. The molecular weight excluding hydrogens is 233 g/mol. The van der Waals surface area contributed by atoms with Crippen LogP contribution in [0.2, 0.25) is 0 Å². The van der Waals surface area contributed by atoms with Crippen LogP contribution in [0.1, 0.15) is 5.69 Å². The molecule has 1 heterocycles. The summed E-state index contributed by atoms with van der Waals surface area (Å²) in [7, 11) is 1.41. The van der Waals surface area contributed by atoms with Crippen molar-refractivity contribution < 1.29 is 9.13 Å². The zero-order valence-corrected chi connectivity index (χ0v) is 9.28. The van der Waals surface area contributed by atoms with Crippen LogP contribution in [0.4, 0.5) is 4.39 Å². The first-order chi connectivity index (χ1) is 7.76. The molecule has 0 aliphatic carbocycles. The summed E-state index contributed by atoms with van der Waals surface area (Å²) < 4.78 is 19.6. The van der Waals surface area contributed by atoms with Gasteiger partial charge >= 0.3 is 0 Å². The van der Waals surface area contributed by atoms with Gasteiger partial charge in [-0.1, -0.05) is 5.21 Å². The van der Waals surface area contributed by atoms with Crippen molar-refractivity contribution in [3.05, 3.63) is 35.9 Å². The summed E-state index contributed by atoms with van der Waals surface area (Å²) in [5.41, 5.74) is 1.39. The largest absolute Gasteiger partial charge is 0.494 e. The Morgan fingerprint density at radius 1 is 1.50 bits per heavy atom. The van der Waals surface area contributed by atoms with E-state index in [9.17, 15) is 4.39 Å². The molecule has 0 aliphatic rings. The van der Waals surface area contributed by atoms with Crippen molar-refractivity contribution in [3.8, 4) is 11.4 Å². The molecule has 0 spiro atoms. The average molecular weight is 242 g/mol. The first kappa shape index (κ1) is 10.9. The van der Waals surface area contributed by atoms with Crippen LogP contribution in [0, 0.1) is 5.82 Å². The molecule has 2 rings (SSSR count). The minimum atomic E-state index is -0.418. The quantitative estimate of drug-likeness (QED) is 0.773. The maximum Gasteiger partial charge on any atom is 0.165 e. The fraction of sp³-hybridized carbons (Fsp3) is 0.200. The van der Waals surface area contributed by atoms with Crippen molar-refractivity contribution in [1.82, 2.24) is 15.0 Å². The van der Waals surface area contributed by atoms with Crippen LogP contribution < -0.4 is 4.74 Å². The first-order valence-electron chi connectivity index (χ1n) is 4.55. The lowest BCUT2D eigenvalue weighted by atomic mass is 10.3. The molecule has 0 fully saturated rings. The lowest BCUT2D eigenvalue weighted by molar-refractivity contribution is 0.386. The maximum atomic E-state index is 13.2. The molecule has 0 N–H and O–H groups in total. The first-order valence-corrected chi connectivity index (χ1v) is 5.09. The van der Waals surface area contributed by atoms with Gasteiger partial charge < -0.3 is 4.74 Å². The topological polar surface area (TPSA) is 39.9 Å². The van der Waals surface area contributed by atoms with Gasteiger partial charge in [-0.3, -0.25) is 0 Å². The second kappa shape index (κ2) is 4.49. The molecule has 0 unspecified atom stereocenters. The number of hydrogen-bond donors (Lipinski definition) is 0. The van der Waals surface area contributed by atoms with E-state index in [1.807, 2.05) is 0 Å². The zero-order chi connectivity index (χ0) is 11.5. The molecule has 4 nitrogen and oxygen atoms in total. The van der Waals surface area contributed by atoms with Gasteiger partial charge in [-0.25, -0.2) is 9.07 Å². The predicted octanol–water partition coefficient (Wildman–Crippen LogP) is 2.15. The SMILES string of the molecule is COc1cc(-n2nncc2CCl)ccc1F. The molecular formula is C10H9ClFN3O. The molecule has 84 valence electrons. The summed E-state index contributed by atoms with van der Waals surface area (Å²) in [5, 5.41) is 7.61. The van der Waals surface area contributed by atoms with Gasteiger partial charge in [-0.05, 0) is 12.1 Å². The Morgan fingerprint density at radius 3 is 3.00 bits per heavy atom. The molecule has 0 bridgehead atoms. The third kappa shape index (κ3) is 1.86. The normalized spacial score (nSPS) is 10.4. The van der Waals surface area contributed by atoms with Crippen molar-refractivity contribution >= 4 is 11.6 Å². The average Bonchev–Trinajstić information content (AvgIpc) is 2.78. The Hall–Kier alpha value is -1.62. The lowest BCUT2D eigenvalue weighted by Gasteiger charge is -2.06. The summed E-state index contributed by atoms with van der Waals surface area (Å²) in [4.78, 5) is 0.